The van der Waals surface area contributed by atoms with Crippen LogP contribution in [0, 0.1) is 0 Å². The van der Waals surface area contributed by atoms with Gasteiger partial charge in [-0.2, -0.15) is 0 Å². The Kier molecular flexibility index (Phi) is 3.46. The lowest BCUT2D eigenvalue weighted by molar-refractivity contribution is 0.327. The molecule has 1 saturated heterocycles. The molecule has 1 aliphatic heterocycles. The average Bonchev–Trinajstić information content (AvgIpc) is 3.01. The van der Waals surface area contributed by atoms with E-state index in [9.17, 15) is 0 Å². The van der Waals surface area contributed by atoms with Crippen LogP contribution in [0.1, 0.15) is 16.4 Å². The van der Waals surface area contributed by atoms with E-state index in [1.165, 1.54) is 10.4 Å². The van der Waals surface area contributed by atoms with E-state index in [0.29, 0.717) is 5.92 Å². The number of nitrogens with zero attached hydrogens (tertiary/aromatic N) is 1. The highest BCUT2D eigenvalue weighted by atomic mass is 32.1. The molecule has 0 unspecified atom stereocenters. The quantitative estimate of drug-likeness (QED) is 0.917. The van der Waals surface area contributed by atoms with Gasteiger partial charge in [-0.1, -0.05) is 36.4 Å². The molecule has 1 aromatic carbocycles. The number of thiophene rings is 1. The summed E-state index contributed by atoms with van der Waals surface area (Å²) in [4.78, 5) is 3.89. The first kappa shape index (κ1) is 11.9. The summed E-state index contributed by atoms with van der Waals surface area (Å²) in [7, 11) is 0. The lowest BCUT2D eigenvalue weighted by atomic mass is 9.95. The summed E-state index contributed by atoms with van der Waals surface area (Å²) in [5.41, 5.74) is 7.67. The van der Waals surface area contributed by atoms with E-state index >= 15 is 0 Å². The maximum absolute atomic E-state index is 6.29. The molecule has 3 heteroatoms. The highest BCUT2D eigenvalue weighted by Gasteiger charge is 2.30. The Bertz CT molecular complexity index is 480. The van der Waals surface area contributed by atoms with Gasteiger partial charge in [0.2, 0.25) is 0 Å². The van der Waals surface area contributed by atoms with Crippen LogP contribution in [-0.4, -0.2) is 24.0 Å². The lowest BCUT2D eigenvalue weighted by Crippen LogP contribution is -2.28. The van der Waals surface area contributed by atoms with Crippen molar-refractivity contribution >= 4 is 11.3 Å². The first-order chi connectivity index (χ1) is 8.83. The normalized spacial score (nSPS) is 24.5. The lowest BCUT2D eigenvalue weighted by Gasteiger charge is -2.15. The van der Waals surface area contributed by atoms with Crippen molar-refractivity contribution in [3.05, 3.63) is 58.3 Å². The van der Waals surface area contributed by atoms with Crippen LogP contribution in [0.5, 0.6) is 0 Å². The van der Waals surface area contributed by atoms with Crippen molar-refractivity contribution in [1.29, 1.82) is 0 Å². The van der Waals surface area contributed by atoms with E-state index < -0.39 is 0 Å². The van der Waals surface area contributed by atoms with Gasteiger partial charge in [-0.05, 0) is 17.0 Å². The SMILES string of the molecule is N[C@@H]1CN(Cc2cccs2)C[C@H]1c1ccccc1. The Morgan fingerprint density at radius 1 is 1.11 bits per heavy atom. The fourth-order valence-corrected chi connectivity index (χ4v) is 3.46. The fourth-order valence-electron chi connectivity index (χ4n) is 2.72. The average molecular weight is 258 g/mol. The monoisotopic (exact) mass is 258 g/mol. The van der Waals surface area contributed by atoms with E-state index in [2.05, 4.69) is 52.7 Å². The van der Waals surface area contributed by atoms with E-state index in [1.807, 2.05) is 11.3 Å². The maximum atomic E-state index is 6.29. The summed E-state index contributed by atoms with van der Waals surface area (Å²) < 4.78 is 0. The van der Waals surface area contributed by atoms with Gasteiger partial charge in [0.05, 0.1) is 0 Å². The molecular formula is C15H18N2S. The molecule has 2 nitrogen and oxygen atoms in total. The van der Waals surface area contributed by atoms with E-state index in [0.717, 1.165) is 19.6 Å². The molecular weight excluding hydrogens is 240 g/mol. The van der Waals surface area contributed by atoms with Crippen LogP contribution in [0.2, 0.25) is 0 Å². The van der Waals surface area contributed by atoms with Gasteiger partial charge in [0.1, 0.15) is 0 Å². The number of nitrogens with two attached hydrogens (primary N) is 1. The number of benzene rings is 1. The number of hydrogen-bond acceptors (Lipinski definition) is 3. The first-order valence-electron chi connectivity index (χ1n) is 6.38. The van der Waals surface area contributed by atoms with Gasteiger partial charge >= 0.3 is 0 Å². The zero-order valence-corrected chi connectivity index (χ0v) is 11.1. The van der Waals surface area contributed by atoms with Crippen LogP contribution in [-0.2, 0) is 6.54 Å². The second-order valence-corrected chi connectivity index (χ2v) is 5.99. The molecule has 2 aromatic rings. The van der Waals surface area contributed by atoms with Gasteiger partial charge < -0.3 is 5.73 Å². The van der Waals surface area contributed by atoms with Gasteiger partial charge in [0.25, 0.3) is 0 Å². The zero-order chi connectivity index (χ0) is 12.4. The van der Waals surface area contributed by atoms with Crippen molar-refractivity contribution in [1.82, 2.24) is 4.90 Å². The second-order valence-electron chi connectivity index (χ2n) is 4.95. The summed E-state index contributed by atoms with van der Waals surface area (Å²) >= 11 is 1.83. The minimum Gasteiger partial charge on any atom is -0.326 e. The standard InChI is InChI=1S/C15H18N2S/c16-15-11-17(9-13-7-4-8-18-13)10-14(15)12-5-2-1-3-6-12/h1-8,14-15H,9-11,16H2/t14-,15+/m0/s1. The third kappa shape index (κ3) is 2.48. The topological polar surface area (TPSA) is 29.3 Å². The predicted molar refractivity (Wildman–Crippen MR) is 76.8 cm³/mol. The Morgan fingerprint density at radius 3 is 2.67 bits per heavy atom. The Labute approximate surface area is 112 Å². The summed E-state index contributed by atoms with van der Waals surface area (Å²) in [6.07, 6.45) is 0. The van der Waals surface area contributed by atoms with Crippen molar-refractivity contribution in [2.75, 3.05) is 13.1 Å². The number of rotatable bonds is 3. The van der Waals surface area contributed by atoms with Crippen molar-refractivity contribution in [2.24, 2.45) is 5.73 Å². The highest BCUT2D eigenvalue weighted by Crippen LogP contribution is 2.27. The second kappa shape index (κ2) is 5.22. The van der Waals surface area contributed by atoms with Crippen LogP contribution in [0.3, 0.4) is 0 Å². The molecule has 0 aliphatic carbocycles. The molecule has 0 radical (unpaired) electrons. The van der Waals surface area contributed by atoms with Gasteiger partial charge in [0.15, 0.2) is 0 Å². The molecule has 2 heterocycles. The third-order valence-corrected chi connectivity index (χ3v) is 4.49. The zero-order valence-electron chi connectivity index (χ0n) is 10.3. The number of hydrogen-bond donors (Lipinski definition) is 1. The molecule has 0 spiro atoms. The Morgan fingerprint density at radius 2 is 1.94 bits per heavy atom. The van der Waals surface area contributed by atoms with Crippen molar-refractivity contribution in [3.63, 3.8) is 0 Å². The molecule has 0 amide bonds. The first-order valence-corrected chi connectivity index (χ1v) is 7.26. The molecule has 2 atom stereocenters. The minimum atomic E-state index is 0.257. The van der Waals surface area contributed by atoms with Crippen LogP contribution in [0.25, 0.3) is 0 Å². The van der Waals surface area contributed by atoms with Crippen LogP contribution in [0.4, 0.5) is 0 Å². The van der Waals surface area contributed by atoms with Crippen LogP contribution in [0.15, 0.2) is 47.8 Å². The van der Waals surface area contributed by atoms with Gasteiger partial charge in [0, 0.05) is 36.5 Å². The van der Waals surface area contributed by atoms with Gasteiger partial charge in [-0.25, -0.2) is 0 Å². The number of likely N-dealkylation sites (tertiary alicyclic amines) is 1. The molecule has 0 bridgehead atoms. The van der Waals surface area contributed by atoms with Gasteiger partial charge in [-0.3, -0.25) is 4.90 Å². The fraction of sp³-hybridized carbons (Fsp3) is 0.333. The van der Waals surface area contributed by atoms with E-state index in [1.54, 1.807) is 0 Å². The van der Waals surface area contributed by atoms with Crippen molar-refractivity contribution in [3.8, 4) is 0 Å². The Balaban J connectivity index is 1.69. The molecule has 0 saturated carbocycles. The molecule has 3 rings (SSSR count). The van der Waals surface area contributed by atoms with Crippen LogP contribution >= 0.6 is 11.3 Å². The van der Waals surface area contributed by atoms with E-state index in [4.69, 9.17) is 5.73 Å². The molecule has 1 aromatic heterocycles. The summed E-state index contributed by atoms with van der Waals surface area (Å²) in [6.45, 7) is 3.11. The van der Waals surface area contributed by atoms with Crippen molar-refractivity contribution in [2.45, 2.75) is 18.5 Å². The summed E-state index contributed by atoms with van der Waals surface area (Å²) in [6, 6.07) is 15.2. The smallest absolute Gasteiger partial charge is 0.0328 e. The molecule has 94 valence electrons. The molecule has 1 fully saturated rings. The maximum Gasteiger partial charge on any atom is 0.0328 e. The minimum absolute atomic E-state index is 0.257. The van der Waals surface area contributed by atoms with Gasteiger partial charge in [-0.15, -0.1) is 11.3 Å². The molecule has 18 heavy (non-hydrogen) atoms. The molecule has 1 aliphatic rings. The summed E-state index contributed by atoms with van der Waals surface area (Å²) in [5, 5.41) is 2.14. The predicted octanol–water partition coefficient (Wildman–Crippen LogP) is 2.67. The third-order valence-electron chi connectivity index (χ3n) is 3.63. The largest absolute Gasteiger partial charge is 0.326 e. The van der Waals surface area contributed by atoms with E-state index in [-0.39, 0.29) is 6.04 Å². The van der Waals surface area contributed by atoms with Crippen molar-refractivity contribution < 1.29 is 0 Å². The molecule has 2 N–H and O–H groups in total. The summed E-state index contributed by atoms with van der Waals surface area (Å²) in [5.74, 6) is 0.478. The highest BCUT2D eigenvalue weighted by molar-refractivity contribution is 7.09. The van der Waals surface area contributed by atoms with Crippen LogP contribution < -0.4 is 5.73 Å². The Hall–Kier alpha value is -1.16.